The lowest BCUT2D eigenvalue weighted by atomic mass is 9.88. The van der Waals surface area contributed by atoms with Crippen molar-refractivity contribution < 1.29 is 9.53 Å². The van der Waals surface area contributed by atoms with Crippen LogP contribution in [-0.2, 0) is 16.1 Å². The summed E-state index contributed by atoms with van der Waals surface area (Å²) in [5.41, 5.74) is -0.110. The lowest BCUT2D eigenvalue weighted by Crippen LogP contribution is -2.58. The number of hydrogen-bond donors (Lipinski definition) is 0. The van der Waals surface area contributed by atoms with Crippen LogP contribution >= 0.6 is 0 Å². The number of likely N-dealkylation sites (N-methyl/N-ethyl adjacent to an activating group) is 1. The van der Waals surface area contributed by atoms with Crippen LogP contribution in [0.25, 0.3) is 0 Å². The zero-order valence-corrected chi connectivity index (χ0v) is 13.6. The zero-order valence-electron chi connectivity index (χ0n) is 13.6. The Labute approximate surface area is 132 Å². The molecule has 2 saturated heterocycles. The van der Waals surface area contributed by atoms with Crippen molar-refractivity contribution in [2.75, 3.05) is 33.3 Å². The van der Waals surface area contributed by atoms with E-state index >= 15 is 0 Å². The van der Waals surface area contributed by atoms with Gasteiger partial charge in [0.1, 0.15) is 6.61 Å². The fourth-order valence-corrected chi connectivity index (χ4v) is 3.50. The van der Waals surface area contributed by atoms with E-state index in [1.807, 2.05) is 35.1 Å². The number of aromatic nitrogens is 2. The van der Waals surface area contributed by atoms with Gasteiger partial charge in [-0.25, -0.2) is 0 Å². The van der Waals surface area contributed by atoms with Gasteiger partial charge in [-0.2, -0.15) is 5.10 Å². The highest BCUT2D eigenvalue weighted by molar-refractivity contribution is 5.78. The van der Waals surface area contributed by atoms with Gasteiger partial charge in [-0.05, 0) is 32.3 Å². The first kappa shape index (κ1) is 15.5. The number of likely N-dealkylation sites (tertiary alicyclic amines) is 1. The fourth-order valence-electron chi connectivity index (χ4n) is 3.50. The van der Waals surface area contributed by atoms with Crippen LogP contribution in [0.15, 0.2) is 18.5 Å². The Morgan fingerprint density at radius 1 is 1.41 bits per heavy atom. The first-order chi connectivity index (χ1) is 10.6. The van der Waals surface area contributed by atoms with Crippen molar-refractivity contribution in [3.63, 3.8) is 0 Å². The van der Waals surface area contributed by atoms with Crippen LogP contribution in [0, 0.1) is 0 Å². The molecule has 0 N–H and O–H groups in total. The van der Waals surface area contributed by atoms with Gasteiger partial charge in [-0.3, -0.25) is 9.48 Å². The van der Waals surface area contributed by atoms with E-state index in [1.54, 1.807) is 0 Å². The summed E-state index contributed by atoms with van der Waals surface area (Å²) in [4.78, 5) is 15.9. The van der Waals surface area contributed by atoms with Crippen molar-refractivity contribution in [1.29, 1.82) is 0 Å². The molecule has 0 radical (unpaired) electrons. The minimum Gasteiger partial charge on any atom is -0.363 e. The van der Waals surface area contributed by atoms with E-state index in [4.69, 9.17) is 4.74 Å². The monoisotopic (exact) mass is 306 g/mol. The molecule has 0 aromatic carbocycles. The number of amides is 1. The first-order valence-electron chi connectivity index (χ1n) is 8.17. The molecule has 1 spiro atoms. The third kappa shape index (κ3) is 3.33. The van der Waals surface area contributed by atoms with Crippen LogP contribution in [0.3, 0.4) is 0 Å². The highest BCUT2D eigenvalue weighted by Gasteiger charge is 2.41. The van der Waals surface area contributed by atoms with Crippen molar-refractivity contribution in [3.8, 4) is 0 Å². The molecule has 1 atom stereocenters. The minimum absolute atomic E-state index is 0.0978. The number of carbonyl (C=O) groups is 1. The van der Waals surface area contributed by atoms with E-state index < -0.39 is 0 Å². The smallest absolute Gasteiger partial charge is 0.248 e. The van der Waals surface area contributed by atoms with Crippen molar-refractivity contribution >= 4 is 5.91 Å². The molecular formula is C16H26N4O2. The fraction of sp³-hybridized carbons (Fsp3) is 0.750. The molecule has 3 heterocycles. The molecule has 2 aliphatic rings. The largest absolute Gasteiger partial charge is 0.363 e. The average molecular weight is 306 g/mol. The molecule has 122 valence electrons. The van der Waals surface area contributed by atoms with Crippen molar-refractivity contribution in [2.24, 2.45) is 0 Å². The Morgan fingerprint density at radius 2 is 2.18 bits per heavy atom. The van der Waals surface area contributed by atoms with Gasteiger partial charge in [0.2, 0.25) is 5.91 Å². The van der Waals surface area contributed by atoms with Crippen molar-refractivity contribution in [3.05, 3.63) is 18.5 Å². The molecular weight excluding hydrogens is 280 g/mol. The molecule has 1 aromatic rings. The predicted molar refractivity (Wildman–Crippen MR) is 83.4 cm³/mol. The number of nitrogens with zero attached hydrogens (tertiary/aromatic N) is 4. The SMILES string of the molecule is C[C@H](CCn1cccn1)N1CCC2(CC1)CN(C)C(=O)CO2. The second-order valence-corrected chi connectivity index (χ2v) is 6.66. The van der Waals surface area contributed by atoms with Gasteiger partial charge in [-0.1, -0.05) is 0 Å². The molecule has 3 rings (SSSR count). The maximum absolute atomic E-state index is 11.6. The van der Waals surface area contributed by atoms with Crippen LogP contribution in [0.5, 0.6) is 0 Å². The summed E-state index contributed by atoms with van der Waals surface area (Å²) in [6.07, 6.45) is 6.97. The first-order valence-corrected chi connectivity index (χ1v) is 8.17. The second kappa shape index (κ2) is 6.38. The maximum atomic E-state index is 11.6. The maximum Gasteiger partial charge on any atom is 0.248 e. The van der Waals surface area contributed by atoms with Crippen molar-refractivity contribution in [1.82, 2.24) is 19.6 Å². The van der Waals surface area contributed by atoms with E-state index in [0.717, 1.165) is 45.4 Å². The Morgan fingerprint density at radius 3 is 2.82 bits per heavy atom. The zero-order chi connectivity index (χ0) is 15.6. The second-order valence-electron chi connectivity index (χ2n) is 6.66. The molecule has 0 aliphatic carbocycles. The highest BCUT2D eigenvalue weighted by Crippen LogP contribution is 2.31. The number of morpholine rings is 1. The molecule has 1 aromatic heterocycles. The van der Waals surface area contributed by atoms with Gasteiger partial charge in [0.05, 0.1) is 5.60 Å². The van der Waals surface area contributed by atoms with Crippen LogP contribution in [0.2, 0.25) is 0 Å². The number of piperidine rings is 1. The van der Waals surface area contributed by atoms with Gasteiger partial charge >= 0.3 is 0 Å². The Kier molecular flexibility index (Phi) is 4.49. The summed E-state index contributed by atoms with van der Waals surface area (Å²) in [7, 11) is 1.88. The van der Waals surface area contributed by atoms with Crippen LogP contribution in [-0.4, -0.2) is 70.4 Å². The van der Waals surface area contributed by atoms with Gasteiger partial charge in [0.15, 0.2) is 0 Å². The number of carbonyl (C=O) groups excluding carboxylic acids is 1. The molecule has 2 fully saturated rings. The number of ether oxygens (including phenoxy) is 1. The Balaban J connectivity index is 1.47. The molecule has 6 nitrogen and oxygen atoms in total. The molecule has 0 bridgehead atoms. The third-order valence-electron chi connectivity index (χ3n) is 5.12. The molecule has 0 unspecified atom stereocenters. The molecule has 0 saturated carbocycles. The molecule has 6 heteroatoms. The molecule has 1 amide bonds. The number of aryl methyl sites for hydroxylation is 1. The van der Waals surface area contributed by atoms with Gasteiger partial charge in [0.25, 0.3) is 0 Å². The Bertz CT molecular complexity index is 494. The quantitative estimate of drug-likeness (QED) is 0.832. The lowest BCUT2D eigenvalue weighted by molar-refractivity contribution is -0.169. The van der Waals surface area contributed by atoms with Gasteiger partial charge < -0.3 is 14.5 Å². The van der Waals surface area contributed by atoms with E-state index in [2.05, 4.69) is 16.9 Å². The molecule has 22 heavy (non-hydrogen) atoms. The summed E-state index contributed by atoms with van der Waals surface area (Å²) >= 11 is 0. The van der Waals surface area contributed by atoms with E-state index in [-0.39, 0.29) is 18.1 Å². The highest BCUT2D eigenvalue weighted by atomic mass is 16.5. The lowest BCUT2D eigenvalue weighted by Gasteiger charge is -2.47. The molecule has 2 aliphatic heterocycles. The summed E-state index contributed by atoms with van der Waals surface area (Å²) in [6, 6.07) is 2.51. The summed E-state index contributed by atoms with van der Waals surface area (Å²) in [5.74, 6) is 0.0978. The minimum atomic E-state index is -0.110. The third-order valence-corrected chi connectivity index (χ3v) is 5.12. The van der Waals surface area contributed by atoms with Crippen LogP contribution in [0.1, 0.15) is 26.2 Å². The van der Waals surface area contributed by atoms with Gasteiger partial charge in [-0.15, -0.1) is 0 Å². The summed E-state index contributed by atoms with van der Waals surface area (Å²) in [6.45, 7) is 6.32. The summed E-state index contributed by atoms with van der Waals surface area (Å²) < 4.78 is 7.90. The average Bonchev–Trinajstić information content (AvgIpc) is 3.03. The Hall–Kier alpha value is -1.40. The normalized spacial score (nSPS) is 23.9. The number of hydrogen-bond acceptors (Lipinski definition) is 4. The van der Waals surface area contributed by atoms with E-state index in [0.29, 0.717) is 6.04 Å². The van der Waals surface area contributed by atoms with E-state index in [1.165, 1.54) is 0 Å². The topological polar surface area (TPSA) is 50.6 Å². The standard InChI is InChI=1S/C16H26N4O2/c1-14(4-9-20-8-3-7-17-20)19-10-5-16(6-11-19)13-18(2)15(21)12-22-16/h3,7-8,14H,4-6,9-13H2,1-2H3/t14-/m1/s1. The van der Waals surface area contributed by atoms with Crippen LogP contribution < -0.4 is 0 Å². The predicted octanol–water partition coefficient (Wildman–Crippen LogP) is 0.985. The van der Waals surface area contributed by atoms with E-state index in [9.17, 15) is 4.79 Å². The van der Waals surface area contributed by atoms with Crippen molar-refractivity contribution in [2.45, 2.75) is 44.4 Å². The summed E-state index contributed by atoms with van der Waals surface area (Å²) in [5, 5.41) is 4.26. The van der Waals surface area contributed by atoms with Crippen LogP contribution in [0.4, 0.5) is 0 Å². The van der Waals surface area contributed by atoms with Gasteiger partial charge in [0, 0.05) is 51.7 Å². The number of rotatable bonds is 4.